The molecule has 7 heteroatoms. The second kappa shape index (κ2) is 9.96. The fraction of sp³-hybridized carbons (Fsp3) is 0.0952. The monoisotopic (exact) mass is 409 g/mol. The van der Waals surface area contributed by atoms with E-state index in [2.05, 4.69) is 15.8 Å². The topological polar surface area (TPSA) is 71.1 Å². The van der Waals surface area contributed by atoms with Crippen LogP contribution in [0.3, 0.4) is 0 Å². The number of pyridine rings is 1. The molecule has 142 valence electrons. The molecule has 0 aliphatic heterocycles. The van der Waals surface area contributed by atoms with Crippen molar-refractivity contribution in [3.8, 4) is 0 Å². The number of hydrogen-bond donors (Lipinski definition) is 2. The Bertz CT molecular complexity index is 930. The average molecular weight is 410 g/mol. The van der Waals surface area contributed by atoms with Gasteiger partial charge in [-0.15, -0.1) is 11.8 Å². The Morgan fingerprint density at radius 2 is 1.61 bits per heavy atom. The third kappa shape index (κ3) is 6.14. The van der Waals surface area contributed by atoms with Crippen LogP contribution in [0.1, 0.15) is 15.9 Å². The highest BCUT2D eigenvalue weighted by Gasteiger charge is 2.08. The number of thioether (sulfide) groups is 1. The van der Waals surface area contributed by atoms with Crippen LogP contribution >= 0.6 is 23.5 Å². The molecule has 0 unspecified atom stereocenters. The van der Waals surface area contributed by atoms with E-state index in [-0.39, 0.29) is 17.6 Å². The van der Waals surface area contributed by atoms with Crippen molar-refractivity contribution in [3.05, 3.63) is 84.1 Å². The standard InChI is InChI=1S/C21H19N3O2S2/c1-15-5-9-17(10-6-15)27-14-19(25)23-24-21(26)16-7-11-18(12-8-16)28-20-4-2-3-13-22-20/h2-13H,14H2,1H3,(H,23,25)(H,24,26). The van der Waals surface area contributed by atoms with Crippen LogP contribution in [0.5, 0.6) is 0 Å². The number of aromatic nitrogens is 1. The zero-order valence-electron chi connectivity index (χ0n) is 15.2. The van der Waals surface area contributed by atoms with E-state index in [4.69, 9.17) is 0 Å². The summed E-state index contributed by atoms with van der Waals surface area (Å²) in [5.74, 6) is -0.396. The number of aryl methyl sites for hydroxylation is 1. The SMILES string of the molecule is Cc1ccc(SCC(=O)NNC(=O)c2ccc(Sc3ccccn3)cc2)cc1. The Morgan fingerprint density at radius 3 is 2.29 bits per heavy atom. The lowest BCUT2D eigenvalue weighted by atomic mass is 10.2. The van der Waals surface area contributed by atoms with Crippen molar-refractivity contribution in [1.29, 1.82) is 0 Å². The Labute approximate surface area is 172 Å². The number of rotatable bonds is 6. The molecule has 5 nitrogen and oxygen atoms in total. The third-order valence-electron chi connectivity index (χ3n) is 3.68. The minimum atomic E-state index is -0.358. The quantitative estimate of drug-likeness (QED) is 0.474. The maximum atomic E-state index is 12.2. The zero-order valence-corrected chi connectivity index (χ0v) is 16.8. The van der Waals surface area contributed by atoms with E-state index in [0.29, 0.717) is 5.56 Å². The molecule has 2 aromatic carbocycles. The Morgan fingerprint density at radius 1 is 0.893 bits per heavy atom. The molecule has 0 spiro atoms. The van der Waals surface area contributed by atoms with Crippen molar-refractivity contribution in [2.24, 2.45) is 0 Å². The van der Waals surface area contributed by atoms with Crippen molar-refractivity contribution >= 4 is 35.3 Å². The highest BCUT2D eigenvalue weighted by molar-refractivity contribution is 8.00. The number of amides is 2. The minimum Gasteiger partial charge on any atom is -0.272 e. The van der Waals surface area contributed by atoms with Crippen LogP contribution in [-0.4, -0.2) is 22.6 Å². The lowest BCUT2D eigenvalue weighted by Gasteiger charge is -2.08. The molecule has 0 radical (unpaired) electrons. The number of carbonyl (C=O) groups is 2. The molecule has 1 aromatic heterocycles. The first-order chi connectivity index (χ1) is 13.6. The van der Waals surface area contributed by atoms with Crippen LogP contribution in [0.4, 0.5) is 0 Å². The van der Waals surface area contributed by atoms with Crippen LogP contribution in [0.25, 0.3) is 0 Å². The first-order valence-electron chi connectivity index (χ1n) is 8.58. The molecule has 0 saturated heterocycles. The highest BCUT2D eigenvalue weighted by atomic mass is 32.2. The fourth-order valence-electron chi connectivity index (χ4n) is 2.22. The maximum Gasteiger partial charge on any atom is 0.269 e. The first kappa shape index (κ1) is 20.0. The molecule has 0 aliphatic rings. The number of hydrogen-bond acceptors (Lipinski definition) is 5. The van der Waals surface area contributed by atoms with Gasteiger partial charge in [0.25, 0.3) is 5.91 Å². The van der Waals surface area contributed by atoms with Crippen LogP contribution < -0.4 is 10.9 Å². The fourth-order valence-corrected chi connectivity index (χ4v) is 3.69. The van der Waals surface area contributed by atoms with E-state index < -0.39 is 0 Å². The Balaban J connectivity index is 1.45. The second-order valence-electron chi connectivity index (χ2n) is 5.90. The summed E-state index contributed by atoms with van der Waals surface area (Å²) < 4.78 is 0. The molecule has 2 N–H and O–H groups in total. The number of benzene rings is 2. The highest BCUT2D eigenvalue weighted by Crippen LogP contribution is 2.25. The van der Waals surface area contributed by atoms with Crippen LogP contribution in [-0.2, 0) is 4.79 Å². The molecule has 28 heavy (non-hydrogen) atoms. The number of nitrogens with zero attached hydrogens (tertiary/aromatic N) is 1. The number of nitrogens with one attached hydrogen (secondary N) is 2. The number of carbonyl (C=O) groups excluding carboxylic acids is 2. The molecular weight excluding hydrogens is 390 g/mol. The maximum absolute atomic E-state index is 12.2. The molecule has 0 fully saturated rings. The van der Waals surface area contributed by atoms with Gasteiger partial charge < -0.3 is 0 Å². The first-order valence-corrected chi connectivity index (χ1v) is 10.4. The van der Waals surface area contributed by atoms with Gasteiger partial charge in [-0.3, -0.25) is 20.4 Å². The van der Waals surface area contributed by atoms with Crippen LogP contribution in [0.15, 0.2) is 87.7 Å². The van der Waals surface area contributed by atoms with E-state index in [1.54, 1.807) is 18.3 Å². The summed E-state index contributed by atoms with van der Waals surface area (Å²) in [4.78, 5) is 30.3. The van der Waals surface area contributed by atoms with E-state index in [1.807, 2.05) is 61.5 Å². The van der Waals surface area contributed by atoms with Gasteiger partial charge in [0, 0.05) is 21.6 Å². The summed E-state index contributed by atoms with van der Waals surface area (Å²) in [7, 11) is 0. The van der Waals surface area contributed by atoms with Crippen molar-refractivity contribution in [2.45, 2.75) is 21.7 Å². The third-order valence-corrected chi connectivity index (χ3v) is 5.65. The summed E-state index contributed by atoms with van der Waals surface area (Å²) in [6.07, 6.45) is 1.74. The van der Waals surface area contributed by atoms with Gasteiger partial charge in [-0.2, -0.15) is 0 Å². The summed E-state index contributed by atoms with van der Waals surface area (Å²) in [6.45, 7) is 2.01. The van der Waals surface area contributed by atoms with E-state index in [0.717, 1.165) is 14.8 Å². The minimum absolute atomic E-state index is 0.225. The number of hydrazine groups is 1. The zero-order chi connectivity index (χ0) is 19.8. The summed E-state index contributed by atoms with van der Waals surface area (Å²) in [6, 6.07) is 20.8. The molecule has 3 aromatic rings. The van der Waals surface area contributed by atoms with Gasteiger partial charge in [0.1, 0.15) is 5.03 Å². The second-order valence-corrected chi connectivity index (χ2v) is 8.04. The molecule has 0 saturated carbocycles. The lowest BCUT2D eigenvalue weighted by Crippen LogP contribution is -2.42. The normalized spacial score (nSPS) is 10.3. The predicted molar refractivity (Wildman–Crippen MR) is 112 cm³/mol. The molecule has 1 heterocycles. The lowest BCUT2D eigenvalue weighted by molar-refractivity contribution is -0.119. The summed E-state index contributed by atoms with van der Waals surface area (Å²) in [5, 5.41) is 0.887. The molecular formula is C21H19N3O2S2. The van der Waals surface area contributed by atoms with Crippen molar-refractivity contribution < 1.29 is 9.59 Å². The average Bonchev–Trinajstić information content (AvgIpc) is 2.73. The van der Waals surface area contributed by atoms with E-state index >= 15 is 0 Å². The largest absolute Gasteiger partial charge is 0.272 e. The van der Waals surface area contributed by atoms with Crippen molar-refractivity contribution in [2.75, 3.05) is 5.75 Å². The molecule has 0 atom stereocenters. The van der Waals surface area contributed by atoms with Gasteiger partial charge >= 0.3 is 0 Å². The molecule has 0 bridgehead atoms. The van der Waals surface area contributed by atoms with E-state index in [9.17, 15) is 9.59 Å². The van der Waals surface area contributed by atoms with Crippen LogP contribution in [0, 0.1) is 6.92 Å². The van der Waals surface area contributed by atoms with Crippen molar-refractivity contribution in [3.63, 3.8) is 0 Å². The predicted octanol–water partition coefficient (Wildman–Crippen LogP) is 4.09. The molecule has 3 rings (SSSR count). The molecule has 2 amide bonds. The van der Waals surface area contributed by atoms with Crippen LogP contribution in [0.2, 0.25) is 0 Å². The summed E-state index contributed by atoms with van der Waals surface area (Å²) in [5.41, 5.74) is 6.53. The Kier molecular flexibility index (Phi) is 7.11. The van der Waals surface area contributed by atoms with Gasteiger partial charge in [-0.05, 0) is 55.5 Å². The van der Waals surface area contributed by atoms with Crippen molar-refractivity contribution in [1.82, 2.24) is 15.8 Å². The van der Waals surface area contributed by atoms with Gasteiger partial charge in [-0.1, -0.05) is 35.5 Å². The molecule has 0 aliphatic carbocycles. The van der Waals surface area contributed by atoms with E-state index in [1.165, 1.54) is 29.1 Å². The summed E-state index contributed by atoms with van der Waals surface area (Å²) >= 11 is 2.93. The smallest absolute Gasteiger partial charge is 0.269 e. The van der Waals surface area contributed by atoms with Gasteiger partial charge in [0.05, 0.1) is 5.75 Å². The van der Waals surface area contributed by atoms with Gasteiger partial charge in [0.15, 0.2) is 0 Å². The van der Waals surface area contributed by atoms with Gasteiger partial charge in [-0.25, -0.2) is 4.98 Å². The van der Waals surface area contributed by atoms with Gasteiger partial charge in [0.2, 0.25) is 5.91 Å². The Hall–Kier alpha value is -2.77.